The summed E-state index contributed by atoms with van der Waals surface area (Å²) in [4.78, 5) is 17.5. The van der Waals surface area contributed by atoms with Crippen LogP contribution in [0, 0.1) is 30.2 Å². The maximum Gasteiger partial charge on any atom is 0.270 e. The number of hydrogen-bond acceptors (Lipinski definition) is 4. The Morgan fingerprint density at radius 2 is 1.79 bits per heavy atom. The summed E-state index contributed by atoms with van der Waals surface area (Å²) in [6.45, 7) is 1.17. The highest BCUT2D eigenvalue weighted by Gasteiger charge is 2.23. The average molecular weight is 472 g/mol. The van der Waals surface area contributed by atoms with Crippen molar-refractivity contribution in [2.24, 2.45) is 5.73 Å². The van der Waals surface area contributed by atoms with Crippen molar-refractivity contribution in [1.29, 1.82) is 0 Å². The van der Waals surface area contributed by atoms with Gasteiger partial charge in [0.05, 0.1) is 17.3 Å². The van der Waals surface area contributed by atoms with Gasteiger partial charge in [0.15, 0.2) is 23.0 Å². The first kappa shape index (κ1) is 23.2. The molecule has 1 amide bonds. The van der Waals surface area contributed by atoms with Crippen LogP contribution in [0.2, 0.25) is 0 Å². The van der Waals surface area contributed by atoms with Crippen LogP contribution < -0.4 is 15.8 Å². The molecule has 0 aliphatic heterocycles. The molecule has 2 aromatic heterocycles. The highest BCUT2D eigenvalue weighted by atomic mass is 19.2. The van der Waals surface area contributed by atoms with E-state index in [1.54, 1.807) is 25.3 Å². The maximum absolute atomic E-state index is 13.9. The van der Waals surface area contributed by atoms with Crippen LogP contribution in [0.15, 0.2) is 54.7 Å². The van der Waals surface area contributed by atoms with E-state index in [2.05, 4.69) is 10.3 Å². The molecule has 4 rings (SSSR count). The first-order valence-electron chi connectivity index (χ1n) is 10.3. The molecular weight excluding hydrogens is 452 g/mol. The van der Waals surface area contributed by atoms with Crippen LogP contribution in [0.4, 0.5) is 17.6 Å². The van der Waals surface area contributed by atoms with E-state index in [4.69, 9.17) is 10.5 Å². The fraction of sp³-hybridized carbons (Fsp3) is 0.167. The monoisotopic (exact) mass is 472 g/mol. The average Bonchev–Trinajstić information content (AvgIpc) is 3.15. The van der Waals surface area contributed by atoms with E-state index >= 15 is 0 Å². The van der Waals surface area contributed by atoms with Crippen molar-refractivity contribution in [1.82, 2.24) is 14.7 Å². The third-order valence-electron chi connectivity index (χ3n) is 5.32. The van der Waals surface area contributed by atoms with Crippen molar-refractivity contribution in [3.05, 3.63) is 101 Å². The molecule has 2 aromatic carbocycles. The third-order valence-corrected chi connectivity index (χ3v) is 5.32. The number of benzene rings is 2. The summed E-state index contributed by atoms with van der Waals surface area (Å²) in [6, 6.07) is 9.16. The van der Waals surface area contributed by atoms with E-state index in [1.807, 2.05) is 0 Å². The lowest BCUT2D eigenvalue weighted by Crippen LogP contribution is -2.34. The van der Waals surface area contributed by atoms with E-state index in [0.29, 0.717) is 11.3 Å². The standard InChI is InChI=1S/C24H20F4N4O2/c1-13-22(24(33)31-20(11-29)14-7-8-18(27)19(28)10-14)32-9-3-6-21(23(32)30-13)34-12-15-16(25)4-2-5-17(15)26/h2-10,20H,11-12,29H2,1H3,(H,31,33). The lowest BCUT2D eigenvalue weighted by Gasteiger charge is -2.18. The summed E-state index contributed by atoms with van der Waals surface area (Å²) in [7, 11) is 0. The molecule has 0 radical (unpaired) electrons. The number of nitrogens with two attached hydrogens (primary N) is 1. The van der Waals surface area contributed by atoms with Crippen LogP contribution in [0.5, 0.6) is 5.75 Å². The van der Waals surface area contributed by atoms with E-state index in [-0.39, 0.29) is 35.8 Å². The van der Waals surface area contributed by atoms with Crippen molar-refractivity contribution in [2.75, 3.05) is 6.54 Å². The number of pyridine rings is 1. The number of carbonyl (C=O) groups excluding carboxylic acids is 1. The van der Waals surface area contributed by atoms with E-state index in [0.717, 1.165) is 24.3 Å². The molecule has 0 bridgehead atoms. The van der Waals surface area contributed by atoms with Crippen molar-refractivity contribution in [3.8, 4) is 5.75 Å². The number of nitrogens with zero attached hydrogens (tertiary/aromatic N) is 2. The van der Waals surface area contributed by atoms with E-state index < -0.39 is 35.2 Å². The van der Waals surface area contributed by atoms with Crippen molar-refractivity contribution in [3.63, 3.8) is 0 Å². The number of rotatable bonds is 7. The number of ether oxygens (including phenoxy) is 1. The molecular formula is C24H20F4N4O2. The summed E-state index contributed by atoms with van der Waals surface area (Å²) in [5.41, 5.74) is 6.61. The first-order chi connectivity index (χ1) is 16.3. The van der Waals surface area contributed by atoms with Gasteiger partial charge >= 0.3 is 0 Å². The molecule has 176 valence electrons. The second kappa shape index (κ2) is 9.52. The SMILES string of the molecule is Cc1nc2c(OCc3c(F)cccc3F)cccn2c1C(=O)NC(CN)c1ccc(F)c(F)c1. The van der Waals surface area contributed by atoms with Gasteiger partial charge in [-0.2, -0.15) is 0 Å². The fourth-order valence-electron chi connectivity index (χ4n) is 3.60. The first-order valence-corrected chi connectivity index (χ1v) is 10.3. The molecule has 0 saturated heterocycles. The van der Waals surface area contributed by atoms with Crippen LogP contribution in [0.3, 0.4) is 0 Å². The largest absolute Gasteiger partial charge is 0.485 e. The fourth-order valence-corrected chi connectivity index (χ4v) is 3.60. The normalized spacial score (nSPS) is 12.1. The Balaban J connectivity index is 1.61. The van der Waals surface area contributed by atoms with E-state index in [1.165, 1.54) is 16.5 Å². The molecule has 0 fully saturated rings. The summed E-state index contributed by atoms with van der Waals surface area (Å²) in [5, 5.41) is 2.70. The van der Waals surface area contributed by atoms with Crippen molar-refractivity contribution < 1.29 is 27.1 Å². The molecule has 0 saturated carbocycles. The molecule has 34 heavy (non-hydrogen) atoms. The van der Waals surface area contributed by atoms with Crippen molar-refractivity contribution in [2.45, 2.75) is 19.6 Å². The molecule has 0 aliphatic rings. The number of amides is 1. The van der Waals surface area contributed by atoms with Gasteiger partial charge < -0.3 is 15.8 Å². The highest BCUT2D eigenvalue weighted by molar-refractivity contribution is 5.95. The van der Waals surface area contributed by atoms with Gasteiger partial charge in [-0.05, 0) is 48.9 Å². The van der Waals surface area contributed by atoms with Gasteiger partial charge in [0.2, 0.25) is 0 Å². The number of imidazole rings is 1. The Labute approximate surface area is 192 Å². The second-order valence-electron chi connectivity index (χ2n) is 7.54. The summed E-state index contributed by atoms with van der Waals surface area (Å²) in [5.74, 6) is -3.88. The van der Waals surface area contributed by atoms with E-state index in [9.17, 15) is 22.4 Å². The summed E-state index contributed by atoms with van der Waals surface area (Å²) < 4.78 is 61.9. The lowest BCUT2D eigenvalue weighted by molar-refractivity contribution is 0.0931. The van der Waals surface area contributed by atoms with Crippen LogP contribution >= 0.6 is 0 Å². The lowest BCUT2D eigenvalue weighted by atomic mass is 10.1. The zero-order chi connectivity index (χ0) is 24.4. The zero-order valence-electron chi connectivity index (χ0n) is 18.0. The molecule has 0 aliphatic carbocycles. The molecule has 1 atom stereocenters. The third kappa shape index (κ3) is 4.44. The Bertz CT molecular complexity index is 1350. The topological polar surface area (TPSA) is 81.7 Å². The molecule has 2 heterocycles. The van der Waals surface area contributed by atoms with Gasteiger partial charge in [0.25, 0.3) is 5.91 Å². The minimum Gasteiger partial charge on any atom is -0.485 e. The minimum absolute atomic E-state index is 0.0604. The predicted molar refractivity (Wildman–Crippen MR) is 116 cm³/mol. The van der Waals surface area contributed by atoms with Gasteiger partial charge in [-0.1, -0.05) is 12.1 Å². The Morgan fingerprint density at radius 3 is 2.47 bits per heavy atom. The van der Waals surface area contributed by atoms with Crippen molar-refractivity contribution >= 4 is 11.6 Å². The van der Waals surface area contributed by atoms with Gasteiger partial charge in [0, 0.05) is 12.7 Å². The van der Waals surface area contributed by atoms with Gasteiger partial charge in [0.1, 0.15) is 23.9 Å². The number of nitrogens with one attached hydrogen (secondary N) is 1. The Hall–Kier alpha value is -3.92. The smallest absolute Gasteiger partial charge is 0.270 e. The van der Waals surface area contributed by atoms with Crippen LogP contribution in [0.25, 0.3) is 5.65 Å². The number of carbonyl (C=O) groups is 1. The predicted octanol–water partition coefficient (Wildman–Crippen LogP) is 4.21. The second-order valence-corrected chi connectivity index (χ2v) is 7.54. The molecule has 4 aromatic rings. The molecule has 0 spiro atoms. The molecule has 1 unspecified atom stereocenters. The molecule has 3 N–H and O–H groups in total. The van der Waals surface area contributed by atoms with Gasteiger partial charge in [-0.3, -0.25) is 9.20 Å². The number of aromatic nitrogens is 2. The van der Waals surface area contributed by atoms with Crippen LogP contribution in [-0.4, -0.2) is 21.8 Å². The minimum atomic E-state index is -1.05. The highest BCUT2D eigenvalue weighted by Crippen LogP contribution is 2.25. The number of hydrogen-bond donors (Lipinski definition) is 2. The van der Waals surface area contributed by atoms with Crippen LogP contribution in [0.1, 0.15) is 33.4 Å². The molecule has 6 nitrogen and oxygen atoms in total. The Kier molecular flexibility index (Phi) is 6.51. The number of halogens is 4. The zero-order valence-corrected chi connectivity index (χ0v) is 18.0. The molecule has 10 heteroatoms. The van der Waals surface area contributed by atoms with Gasteiger partial charge in [-0.15, -0.1) is 0 Å². The maximum atomic E-state index is 13.9. The number of fused-ring (bicyclic) bond motifs is 1. The quantitative estimate of drug-likeness (QED) is 0.395. The van der Waals surface area contributed by atoms with Crippen LogP contribution in [-0.2, 0) is 6.61 Å². The summed E-state index contributed by atoms with van der Waals surface area (Å²) in [6.07, 6.45) is 1.58. The Morgan fingerprint density at radius 1 is 1.06 bits per heavy atom. The number of aryl methyl sites for hydroxylation is 1. The van der Waals surface area contributed by atoms with Gasteiger partial charge in [-0.25, -0.2) is 22.5 Å². The summed E-state index contributed by atoms with van der Waals surface area (Å²) >= 11 is 0.